The van der Waals surface area contributed by atoms with E-state index in [2.05, 4.69) is 20.3 Å². The molecule has 2 aromatic carbocycles. The Morgan fingerprint density at radius 1 is 1.10 bits per heavy atom. The minimum Gasteiger partial charge on any atom is -0.378 e. The lowest BCUT2D eigenvalue weighted by Crippen LogP contribution is -2.37. The highest BCUT2D eigenvalue weighted by Gasteiger charge is 2.20. The van der Waals surface area contributed by atoms with Gasteiger partial charge < -0.3 is 15.0 Å². The van der Waals surface area contributed by atoms with Gasteiger partial charge in [0.25, 0.3) is 5.69 Å². The maximum atomic E-state index is 11.5. The van der Waals surface area contributed by atoms with Crippen LogP contribution in [0, 0.1) is 10.1 Å². The molecule has 1 aliphatic rings. The summed E-state index contributed by atoms with van der Waals surface area (Å²) < 4.78 is 5.40. The molecule has 3 aromatic rings. The van der Waals surface area contributed by atoms with Crippen LogP contribution in [0.15, 0.2) is 58.6 Å². The quantitative estimate of drug-likeness (QED) is 0.334. The predicted octanol–water partition coefficient (Wildman–Crippen LogP) is 3.32. The molecule has 0 radical (unpaired) electrons. The van der Waals surface area contributed by atoms with Crippen molar-refractivity contribution in [2.24, 2.45) is 0 Å². The first-order chi connectivity index (χ1) is 15.1. The van der Waals surface area contributed by atoms with Gasteiger partial charge in [0.2, 0.25) is 11.9 Å². The molecule has 0 unspecified atom stereocenters. The normalized spacial score (nSPS) is 13.6. The molecule has 10 nitrogen and oxygen atoms in total. The number of aromatic nitrogens is 3. The van der Waals surface area contributed by atoms with Gasteiger partial charge in [0, 0.05) is 30.4 Å². The first-order valence-electron chi connectivity index (χ1n) is 9.45. The van der Waals surface area contributed by atoms with E-state index in [1.165, 1.54) is 18.2 Å². The highest BCUT2D eigenvalue weighted by atomic mass is 32.2. The third-order valence-corrected chi connectivity index (χ3v) is 5.37. The molecule has 1 N–H and O–H groups in total. The Morgan fingerprint density at radius 3 is 2.58 bits per heavy atom. The number of ether oxygens (including phenoxy) is 1. The summed E-state index contributed by atoms with van der Waals surface area (Å²) in [6.07, 6.45) is 0.572. The Bertz CT molecular complexity index is 1090. The predicted molar refractivity (Wildman–Crippen MR) is 115 cm³/mol. The number of nitrogens with one attached hydrogen (secondary N) is 1. The monoisotopic (exact) mass is 438 g/mol. The second-order valence-corrected chi connectivity index (χ2v) is 7.55. The topological polar surface area (TPSA) is 123 Å². The molecule has 31 heavy (non-hydrogen) atoms. The van der Waals surface area contributed by atoms with E-state index >= 15 is 0 Å². The molecular formula is C20H18N6O4S. The minimum absolute atomic E-state index is 0.180. The second kappa shape index (κ2) is 9.49. The summed E-state index contributed by atoms with van der Waals surface area (Å²) in [4.78, 5) is 37.8. The molecule has 0 aliphatic carbocycles. The summed E-state index contributed by atoms with van der Waals surface area (Å²) in [5.41, 5.74) is 0.853. The molecule has 0 spiro atoms. The molecule has 11 heteroatoms. The second-order valence-electron chi connectivity index (χ2n) is 6.54. The zero-order valence-corrected chi connectivity index (χ0v) is 17.1. The fourth-order valence-electron chi connectivity index (χ4n) is 2.94. The number of carbonyl (C=O) groups is 1. The number of hydrogen-bond donors (Lipinski definition) is 1. The van der Waals surface area contributed by atoms with Crippen molar-refractivity contribution in [2.75, 3.05) is 36.5 Å². The van der Waals surface area contributed by atoms with Gasteiger partial charge in [0.15, 0.2) is 5.16 Å². The van der Waals surface area contributed by atoms with Gasteiger partial charge in [-0.1, -0.05) is 24.3 Å². The Kier molecular flexibility index (Phi) is 6.34. The lowest BCUT2D eigenvalue weighted by Gasteiger charge is -2.27. The largest absolute Gasteiger partial charge is 0.378 e. The summed E-state index contributed by atoms with van der Waals surface area (Å²) in [5, 5.41) is 14.9. The van der Waals surface area contributed by atoms with Crippen molar-refractivity contribution in [2.45, 2.75) is 10.1 Å². The molecule has 1 saturated heterocycles. The molecule has 1 fully saturated rings. The van der Waals surface area contributed by atoms with E-state index in [0.717, 1.165) is 17.4 Å². The number of rotatable bonds is 7. The number of morpholine rings is 1. The van der Waals surface area contributed by atoms with Gasteiger partial charge in [-0.15, -0.1) is 0 Å². The number of para-hydroxylation sites is 1. The van der Waals surface area contributed by atoms with Crippen molar-refractivity contribution in [1.29, 1.82) is 0 Å². The molecule has 1 aliphatic heterocycles. The average molecular weight is 438 g/mol. The van der Waals surface area contributed by atoms with Crippen molar-refractivity contribution in [1.82, 2.24) is 15.0 Å². The van der Waals surface area contributed by atoms with Crippen LogP contribution in [0.1, 0.15) is 10.4 Å². The van der Waals surface area contributed by atoms with E-state index in [1.807, 2.05) is 35.2 Å². The van der Waals surface area contributed by atoms with E-state index < -0.39 is 4.92 Å². The molecule has 0 amide bonds. The minimum atomic E-state index is -0.525. The van der Waals surface area contributed by atoms with Crippen LogP contribution in [0.2, 0.25) is 0 Å². The third-order valence-electron chi connectivity index (χ3n) is 4.44. The highest BCUT2D eigenvalue weighted by molar-refractivity contribution is 7.99. The Labute approximate surface area is 181 Å². The lowest BCUT2D eigenvalue weighted by molar-refractivity contribution is -0.387. The van der Waals surface area contributed by atoms with Crippen molar-refractivity contribution in [3.05, 3.63) is 64.2 Å². The number of nitrogens with zero attached hydrogens (tertiary/aromatic N) is 5. The number of benzene rings is 2. The standard InChI is InChI=1S/C20H18N6O4S/c27-13-14-6-7-17(16(12-14)26(28)29)31-20-23-18(21-15-4-2-1-3-5-15)22-19(24-20)25-8-10-30-11-9-25/h1-7,12-13H,8-11H2,(H,21,22,23,24). The van der Waals surface area contributed by atoms with Gasteiger partial charge in [-0.25, -0.2) is 0 Å². The highest BCUT2D eigenvalue weighted by Crippen LogP contribution is 2.34. The van der Waals surface area contributed by atoms with Gasteiger partial charge in [-0.2, -0.15) is 15.0 Å². The molecule has 2 heterocycles. The van der Waals surface area contributed by atoms with Crippen LogP contribution < -0.4 is 10.2 Å². The summed E-state index contributed by atoms with van der Waals surface area (Å²) in [6.45, 7) is 2.39. The van der Waals surface area contributed by atoms with Gasteiger partial charge in [0.1, 0.15) is 6.29 Å². The molecule has 158 valence electrons. The van der Waals surface area contributed by atoms with Crippen LogP contribution in [0.5, 0.6) is 0 Å². The number of aldehydes is 1. The van der Waals surface area contributed by atoms with Crippen molar-refractivity contribution in [3.8, 4) is 0 Å². The van der Waals surface area contributed by atoms with Crippen LogP contribution in [0.25, 0.3) is 0 Å². The summed E-state index contributed by atoms with van der Waals surface area (Å²) in [5.74, 6) is 0.795. The fraction of sp³-hybridized carbons (Fsp3) is 0.200. The van der Waals surface area contributed by atoms with Crippen LogP contribution >= 0.6 is 11.8 Å². The van der Waals surface area contributed by atoms with Crippen molar-refractivity contribution in [3.63, 3.8) is 0 Å². The van der Waals surface area contributed by atoms with Crippen molar-refractivity contribution < 1.29 is 14.5 Å². The fourth-order valence-corrected chi connectivity index (χ4v) is 3.77. The summed E-state index contributed by atoms with van der Waals surface area (Å²) >= 11 is 1.05. The number of carbonyl (C=O) groups excluding carboxylic acids is 1. The van der Waals surface area contributed by atoms with Crippen LogP contribution in [-0.2, 0) is 4.74 Å². The number of nitro groups is 1. The van der Waals surface area contributed by atoms with Crippen LogP contribution in [0.4, 0.5) is 23.3 Å². The maximum absolute atomic E-state index is 11.5. The number of hydrogen-bond acceptors (Lipinski definition) is 10. The molecule has 0 atom stereocenters. The Balaban J connectivity index is 1.70. The lowest BCUT2D eigenvalue weighted by atomic mass is 10.2. The molecular weight excluding hydrogens is 420 g/mol. The van der Waals surface area contributed by atoms with Gasteiger partial charge in [0.05, 0.1) is 23.0 Å². The van der Waals surface area contributed by atoms with Gasteiger partial charge >= 0.3 is 0 Å². The number of anilines is 3. The van der Waals surface area contributed by atoms with Gasteiger partial charge in [-0.05, 0) is 30.0 Å². The van der Waals surface area contributed by atoms with E-state index in [9.17, 15) is 14.9 Å². The van der Waals surface area contributed by atoms with Gasteiger partial charge in [-0.3, -0.25) is 14.9 Å². The van der Waals surface area contributed by atoms with Crippen molar-refractivity contribution >= 4 is 41.3 Å². The smallest absolute Gasteiger partial charge is 0.284 e. The third kappa shape index (κ3) is 5.13. The van der Waals surface area contributed by atoms with E-state index in [-0.39, 0.29) is 11.3 Å². The SMILES string of the molecule is O=Cc1ccc(Sc2nc(Nc3ccccc3)nc(N3CCOCC3)n2)c([N+](=O)[O-])c1. The Morgan fingerprint density at radius 2 is 1.87 bits per heavy atom. The first kappa shape index (κ1) is 20.7. The first-order valence-corrected chi connectivity index (χ1v) is 10.3. The number of nitro benzene ring substituents is 1. The average Bonchev–Trinajstić information content (AvgIpc) is 2.80. The van der Waals surface area contributed by atoms with Crippen LogP contribution in [-0.4, -0.2) is 52.5 Å². The maximum Gasteiger partial charge on any atom is 0.284 e. The molecule has 1 aromatic heterocycles. The zero-order valence-electron chi connectivity index (χ0n) is 16.3. The van der Waals surface area contributed by atoms with E-state index in [4.69, 9.17) is 4.74 Å². The van der Waals surface area contributed by atoms with E-state index in [1.54, 1.807) is 0 Å². The summed E-state index contributed by atoms with van der Waals surface area (Å²) in [6, 6.07) is 13.7. The summed E-state index contributed by atoms with van der Waals surface area (Å²) in [7, 11) is 0. The molecule has 0 bridgehead atoms. The van der Waals surface area contributed by atoms with Crippen LogP contribution in [0.3, 0.4) is 0 Å². The molecule has 0 saturated carbocycles. The van der Waals surface area contributed by atoms with E-state index in [0.29, 0.717) is 54.5 Å². The molecule has 4 rings (SSSR count). The zero-order chi connectivity index (χ0) is 21.6. The Hall–Kier alpha value is -3.57.